The Bertz CT molecular complexity index is 840. The number of benzene rings is 2. The zero-order valence-corrected chi connectivity index (χ0v) is 17.0. The van der Waals surface area contributed by atoms with Gasteiger partial charge in [0.2, 0.25) is 11.8 Å². The minimum absolute atomic E-state index is 0. The first-order valence-corrected chi connectivity index (χ1v) is 9.52. The summed E-state index contributed by atoms with van der Waals surface area (Å²) in [6, 6.07) is 17.3. The maximum absolute atomic E-state index is 12.9. The molecule has 0 aliphatic carbocycles. The molecule has 1 heterocycles. The van der Waals surface area contributed by atoms with E-state index in [1.807, 2.05) is 42.5 Å². The number of rotatable bonds is 8. The molecule has 0 saturated carbocycles. The highest BCUT2D eigenvalue weighted by atomic mass is 35.5. The van der Waals surface area contributed by atoms with Gasteiger partial charge in [0.15, 0.2) is 0 Å². The number of nitrogens with two attached hydrogens (primary N) is 1. The number of halogens is 1. The molecule has 1 unspecified atom stereocenters. The van der Waals surface area contributed by atoms with E-state index in [0.29, 0.717) is 31.6 Å². The summed E-state index contributed by atoms with van der Waals surface area (Å²) in [6.07, 6.45) is 1.49. The number of carbonyl (C=O) groups excluding carboxylic acids is 3. The van der Waals surface area contributed by atoms with Crippen molar-refractivity contribution in [2.45, 2.75) is 19.3 Å². The molecule has 0 radical (unpaired) electrons. The van der Waals surface area contributed by atoms with E-state index >= 15 is 0 Å². The van der Waals surface area contributed by atoms with Crippen molar-refractivity contribution in [3.8, 4) is 0 Å². The third kappa shape index (κ3) is 6.14. The van der Waals surface area contributed by atoms with E-state index in [1.54, 1.807) is 17.0 Å². The lowest BCUT2D eigenvalue weighted by molar-refractivity contribution is -0.125. The molecule has 3 N–H and O–H groups in total. The lowest BCUT2D eigenvalue weighted by atomic mass is 9.97. The first kappa shape index (κ1) is 22.6. The Morgan fingerprint density at radius 2 is 1.69 bits per heavy atom. The maximum atomic E-state index is 12.9. The lowest BCUT2D eigenvalue weighted by Crippen LogP contribution is -2.36. The van der Waals surface area contributed by atoms with Crippen LogP contribution in [0.1, 0.15) is 27.9 Å². The summed E-state index contributed by atoms with van der Waals surface area (Å²) in [5.41, 5.74) is 8.40. The van der Waals surface area contributed by atoms with Crippen LogP contribution >= 0.6 is 12.4 Å². The van der Waals surface area contributed by atoms with Gasteiger partial charge in [0.1, 0.15) is 0 Å². The van der Waals surface area contributed by atoms with E-state index in [0.717, 1.165) is 12.0 Å². The molecule has 6 nitrogen and oxygen atoms in total. The second-order valence-corrected chi connectivity index (χ2v) is 7.03. The van der Waals surface area contributed by atoms with Crippen molar-refractivity contribution in [1.82, 2.24) is 10.2 Å². The second kappa shape index (κ2) is 10.7. The second-order valence-electron chi connectivity index (χ2n) is 7.03. The molecule has 0 aromatic heterocycles. The Morgan fingerprint density at radius 3 is 2.28 bits per heavy atom. The first-order chi connectivity index (χ1) is 13.6. The van der Waals surface area contributed by atoms with Crippen molar-refractivity contribution in [3.63, 3.8) is 0 Å². The van der Waals surface area contributed by atoms with Gasteiger partial charge in [0, 0.05) is 31.6 Å². The van der Waals surface area contributed by atoms with Crippen LogP contribution in [0.4, 0.5) is 0 Å². The Balaban J connectivity index is 0.00000300. The van der Waals surface area contributed by atoms with Crippen LogP contribution < -0.4 is 11.1 Å². The predicted octanol–water partition coefficient (Wildman–Crippen LogP) is 1.96. The average molecular weight is 416 g/mol. The molecule has 3 rings (SSSR count). The predicted molar refractivity (Wildman–Crippen MR) is 114 cm³/mol. The fourth-order valence-corrected chi connectivity index (χ4v) is 3.40. The monoisotopic (exact) mass is 415 g/mol. The van der Waals surface area contributed by atoms with E-state index < -0.39 is 0 Å². The van der Waals surface area contributed by atoms with Gasteiger partial charge in [-0.2, -0.15) is 0 Å². The van der Waals surface area contributed by atoms with Crippen molar-refractivity contribution < 1.29 is 14.4 Å². The summed E-state index contributed by atoms with van der Waals surface area (Å²) in [4.78, 5) is 37.7. The number of nitrogens with zero attached hydrogens (tertiary/aromatic N) is 1. The van der Waals surface area contributed by atoms with Crippen molar-refractivity contribution in [2.75, 3.05) is 19.6 Å². The topological polar surface area (TPSA) is 92.5 Å². The molecule has 3 amide bonds. The van der Waals surface area contributed by atoms with E-state index in [4.69, 9.17) is 5.73 Å². The number of hydrogen-bond acceptors (Lipinski definition) is 4. The van der Waals surface area contributed by atoms with Crippen molar-refractivity contribution in [1.29, 1.82) is 0 Å². The highest BCUT2D eigenvalue weighted by molar-refractivity contribution is 6.03. The molecule has 0 bridgehead atoms. The Kier molecular flexibility index (Phi) is 8.36. The number of hydrogen-bond donors (Lipinski definition) is 2. The third-order valence-electron chi connectivity index (χ3n) is 4.95. The molecule has 29 heavy (non-hydrogen) atoms. The minimum atomic E-state index is -0.325. The standard InChI is InChI=1S/C22H25N3O3.ClH/c23-11-13-25(12-10-16-4-2-1-3-5-16)22(28)18-8-6-17(7-9-18)14-19-15-20(26)24-21(19)27;/h1-9,19H,10-15,23H2,(H,24,26,27);1H. The number of imide groups is 1. The molecule has 2 aromatic carbocycles. The van der Waals surface area contributed by atoms with Gasteiger partial charge in [0.25, 0.3) is 5.91 Å². The van der Waals surface area contributed by atoms with Crippen molar-refractivity contribution in [3.05, 3.63) is 71.3 Å². The molecule has 1 atom stereocenters. The summed E-state index contributed by atoms with van der Waals surface area (Å²) in [7, 11) is 0. The number of amides is 3. The summed E-state index contributed by atoms with van der Waals surface area (Å²) in [5, 5.41) is 2.32. The van der Waals surface area contributed by atoms with E-state index in [1.165, 1.54) is 5.56 Å². The quantitative estimate of drug-likeness (QED) is 0.644. The van der Waals surface area contributed by atoms with Crippen LogP contribution in [0.25, 0.3) is 0 Å². The van der Waals surface area contributed by atoms with Crippen LogP contribution in [-0.4, -0.2) is 42.3 Å². The largest absolute Gasteiger partial charge is 0.337 e. The fraction of sp³-hybridized carbons (Fsp3) is 0.318. The molecule has 0 spiro atoms. The zero-order valence-electron chi connectivity index (χ0n) is 16.2. The van der Waals surface area contributed by atoms with Gasteiger partial charge in [-0.25, -0.2) is 0 Å². The fourth-order valence-electron chi connectivity index (χ4n) is 3.40. The van der Waals surface area contributed by atoms with Crippen LogP contribution in [0.3, 0.4) is 0 Å². The van der Waals surface area contributed by atoms with Gasteiger partial charge >= 0.3 is 0 Å². The molecular formula is C22H26ClN3O3. The van der Waals surface area contributed by atoms with E-state index in [2.05, 4.69) is 5.32 Å². The Morgan fingerprint density at radius 1 is 1.00 bits per heavy atom. The molecule has 1 fully saturated rings. The van der Waals surface area contributed by atoms with Gasteiger partial charge in [-0.1, -0.05) is 42.5 Å². The van der Waals surface area contributed by atoms with Crippen LogP contribution in [0.5, 0.6) is 0 Å². The molecule has 1 saturated heterocycles. The maximum Gasteiger partial charge on any atom is 0.253 e. The van der Waals surface area contributed by atoms with Gasteiger partial charge in [-0.15, -0.1) is 12.4 Å². The van der Waals surface area contributed by atoms with E-state index in [-0.39, 0.29) is 42.5 Å². The Labute approximate surface area is 176 Å². The molecule has 7 heteroatoms. The van der Waals surface area contributed by atoms with Crippen LogP contribution in [0.15, 0.2) is 54.6 Å². The SMILES string of the molecule is Cl.NCCN(CCc1ccccc1)C(=O)c1ccc(CC2CC(=O)NC2=O)cc1. The average Bonchev–Trinajstić information content (AvgIpc) is 3.02. The molecule has 1 aliphatic rings. The number of carbonyl (C=O) groups is 3. The molecular weight excluding hydrogens is 390 g/mol. The normalized spacial score (nSPS) is 15.6. The molecule has 2 aromatic rings. The van der Waals surface area contributed by atoms with Gasteiger partial charge in [-0.05, 0) is 36.1 Å². The minimum Gasteiger partial charge on any atom is -0.337 e. The van der Waals surface area contributed by atoms with Crippen LogP contribution in [0.2, 0.25) is 0 Å². The van der Waals surface area contributed by atoms with Gasteiger partial charge < -0.3 is 10.6 Å². The number of nitrogens with one attached hydrogen (secondary N) is 1. The van der Waals surface area contributed by atoms with Crippen molar-refractivity contribution >= 4 is 30.1 Å². The summed E-state index contributed by atoms with van der Waals surface area (Å²) < 4.78 is 0. The third-order valence-corrected chi connectivity index (χ3v) is 4.95. The molecule has 154 valence electrons. The van der Waals surface area contributed by atoms with Crippen molar-refractivity contribution in [2.24, 2.45) is 11.7 Å². The van der Waals surface area contributed by atoms with Gasteiger partial charge in [-0.3, -0.25) is 19.7 Å². The lowest BCUT2D eigenvalue weighted by Gasteiger charge is -2.22. The van der Waals surface area contributed by atoms with Crippen LogP contribution in [0, 0.1) is 5.92 Å². The molecule has 1 aliphatic heterocycles. The zero-order chi connectivity index (χ0) is 19.9. The Hall–Kier alpha value is -2.70. The van der Waals surface area contributed by atoms with E-state index in [9.17, 15) is 14.4 Å². The van der Waals surface area contributed by atoms with Crippen LogP contribution in [-0.2, 0) is 22.4 Å². The highest BCUT2D eigenvalue weighted by Crippen LogP contribution is 2.18. The summed E-state index contributed by atoms with van der Waals surface area (Å²) >= 11 is 0. The first-order valence-electron chi connectivity index (χ1n) is 9.52. The summed E-state index contributed by atoms with van der Waals surface area (Å²) in [5.74, 6) is -0.826. The highest BCUT2D eigenvalue weighted by Gasteiger charge is 2.30. The van der Waals surface area contributed by atoms with Gasteiger partial charge in [0.05, 0.1) is 5.92 Å². The summed E-state index contributed by atoms with van der Waals surface area (Å²) in [6.45, 7) is 1.51. The smallest absolute Gasteiger partial charge is 0.253 e.